The Morgan fingerprint density at radius 1 is 1.05 bits per heavy atom. The number of carbonyl (C=O) groups is 1. The third kappa shape index (κ3) is 4.14. The SMILES string of the molecule is CC(=O)Oc1ccc(-c2cc3cnc4cc(C)nn4c3nc2-c2ccc([C@]3(N)C[C@](C)(O)C3)cc2)cc1. The van der Waals surface area contributed by atoms with Crippen LogP contribution in [0, 0.1) is 6.92 Å². The third-order valence-corrected chi connectivity index (χ3v) is 6.93. The number of hydrogen-bond donors (Lipinski definition) is 2. The predicted octanol–water partition coefficient (Wildman–Crippen LogP) is 4.54. The van der Waals surface area contributed by atoms with E-state index in [9.17, 15) is 9.90 Å². The average Bonchev–Trinajstić information content (AvgIpc) is 3.23. The number of ether oxygens (including phenoxy) is 1. The molecule has 1 aliphatic carbocycles. The predicted molar refractivity (Wildman–Crippen MR) is 141 cm³/mol. The van der Waals surface area contributed by atoms with Crippen LogP contribution in [0.2, 0.25) is 0 Å². The Morgan fingerprint density at radius 2 is 1.73 bits per heavy atom. The van der Waals surface area contributed by atoms with Crippen LogP contribution in [0.5, 0.6) is 5.75 Å². The molecule has 3 heterocycles. The lowest BCUT2D eigenvalue weighted by atomic mass is 9.63. The Kier molecular flexibility index (Phi) is 5.15. The number of carbonyl (C=O) groups excluding carboxylic acids is 1. The first kappa shape index (κ1) is 23.3. The van der Waals surface area contributed by atoms with Crippen LogP contribution in [0.25, 0.3) is 39.1 Å². The van der Waals surface area contributed by atoms with Gasteiger partial charge in [-0.05, 0) is 56.0 Å². The number of hydrogen-bond acceptors (Lipinski definition) is 7. The molecule has 1 aliphatic rings. The summed E-state index contributed by atoms with van der Waals surface area (Å²) in [5, 5.41) is 15.7. The van der Waals surface area contributed by atoms with Crippen LogP contribution in [0.3, 0.4) is 0 Å². The number of nitrogens with zero attached hydrogens (tertiary/aromatic N) is 4. The number of esters is 1. The van der Waals surface area contributed by atoms with E-state index < -0.39 is 11.1 Å². The fourth-order valence-electron chi connectivity index (χ4n) is 5.43. The first-order chi connectivity index (χ1) is 17.6. The minimum Gasteiger partial charge on any atom is -0.427 e. The molecule has 0 spiro atoms. The van der Waals surface area contributed by atoms with Crippen molar-refractivity contribution in [3.8, 4) is 28.1 Å². The van der Waals surface area contributed by atoms with E-state index in [0.29, 0.717) is 24.2 Å². The Hall–Kier alpha value is -4.14. The number of nitrogens with two attached hydrogens (primary N) is 1. The van der Waals surface area contributed by atoms with Crippen LogP contribution in [-0.4, -0.2) is 36.3 Å². The van der Waals surface area contributed by atoms with Crippen molar-refractivity contribution < 1.29 is 14.6 Å². The van der Waals surface area contributed by atoms with E-state index in [0.717, 1.165) is 44.7 Å². The first-order valence-corrected chi connectivity index (χ1v) is 12.2. The molecular weight excluding hydrogens is 466 g/mol. The maximum atomic E-state index is 11.4. The molecule has 0 radical (unpaired) electrons. The van der Waals surface area contributed by atoms with Gasteiger partial charge in [0.05, 0.1) is 17.0 Å². The molecule has 0 atom stereocenters. The molecule has 8 nitrogen and oxygen atoms in total. The van der Waals surface area contributed by atoms with Crippen molar-refractivity contribution in [1.82, 2.24) is 19.6 Å². The lowest BCUT2D eigenvalue weighted by Gasteiger charge is -2.49. The molecule has 0 saturated heterocycles. The molecule has 3 N–H and O–H groups in total. The molecule has 8 heteroatoms. The standard InChI is InChI=1S/C29H27N5O3/c1-17-12-25-31-14-21-13-24(19-6-10-23(11-7-19)37-18(2)35)26(32-27(21)34(25)33-17)20-4-8-22(9-5-20)29(30)15-28(3,36)16-29/h4-14,36H,15-16,30H2,1-3H3/t28-,29-. The van der Waals surface area contributed by atoms with Gasteiger partial charge in [0.15, 0.2) is 11.3 Å². The van der Waals surface area contributed by atoms with Crippen LogP contribution < -0.4 is 10.5 Å². The smallest absolute Gasteiger partial charge is 0.308 e. The molecule has 0 unspecified atom stereocenters. The summed E-state index contributed by atoms with van der Waals surface area (Å²) in [4.78, 5) is 21.0. The van der Waals surface area contributed by atoms with Crippen molar-refractivity contribution in [2.45, 2.75) is 44.8 Å². The number of fused-ring (bicyclic) bond motifs is 3. The van der Waals surface area contributed by atoms with Crippen LogP contribution in [-0.2, 0) is 10.3 Å². The fraction of sp³-hybridized carbons (Fsp3) is 0.241. The lowest BCUT2D eigenvalue weighted by molar-refractivity contribution is -0.131. The van der Waals surface area contributed by atoms with E-state index in [2.05, 4.69) is 16.1 Å². The zero-order chi connectivity index (χ0) is 25.9. The van der Waals surface area contributed by atoms with Gasteiger partial charge in [0.25, 0.3) is 0 Å². The molecule has 0 aliphatic heterocycles. The van der Waals surface area contributed by atoms with E-state index in [-0.39, 0.29) is 5.97 Å². The molecule has 1 saturated carbocycles. The van der Waals surface area contributed by atoms with E-state index in [4.69, 9.17) is 15.5 Å². The Morgan fingerprint density at radius 3 is 2.38 bits per heavy atom. The van der Waals surface area contributed by atoms with Crippen LogP contribution in [0.4, 0.5) is 0 Å². The largest absolute Gasteiger partial charge is 0.427 e. The molecule has 186 valence electrons. The minimum atomic E-state index is -0.722. The fourth-order valence-corrected chi connectivity index (χ4v) is 5.43. The highest BCUT2D eigenvalue weighted by Crippen LogP contribution is 2.46. The average molecular weight is 494 g/mol. The number of aromatic nitrogens is 4. The summed E-state index contributed by atoms with van der Waals surface area (Å²) in [7, 11) is 0. The van der Waals surface area contributed by atoms with Gasteiger partial charge in [-0.3, -0.25) is 4.79 Å². The van der Waals surface area contributed by atoms with Gasteiger partial charge in [-0.2, -0.15) is 9.61 Å². The Bertz CT molecular complexity index is 1660. The van der Waals surface area contributed by atoms with Crippen molar-refractivity contribution in [3.05, 3.63) is 78.1 Å². The first-order valence-electron chi connectivity index (χ1n) is 12.2. The van der Waals surface area contributed by atoms with E-state index in [1.165, 1.54) is 6.92 Å². The van der Waals surface area contributed by atoms with Crippen molar-refractivity contribution in [2.24, 2.45) is 5.73 Å². The van der Waals surface area contributed by atoms with E-state index in [1.54, 1.807) is 16.6 Å². The van der Waals surface area contributed by atoms with Crippen molar-refractivity contribution in [2.75, 3.05) is 0 Å². The molecular formula is C29H27N5O3. The van der Waals surface area contributed by atoms with E-state index >= 15 is 0 Å². The highest BCUT2D eigenvalue weighted by atomic mass is 16.5. The Balaban J connectivity index is 1.49. The summed E-state index contributed by atoms with van der Waals surface area (Å²) >= 11 is 0. The normalized spacial score (nSPS) is 21.2. The van der Waals surface area contributed by atoms with Gasteiger partial charge < -0.3 is 15.6 Å². The second kappa shape index (κ2) is 8.19. The number of benzene rings is 2. The van der Waals surface area contributed by atoms with Gasteiger partial charge in [0.2, 0.25) is 0 Å². The zero-order valence-corrected chi connectivity index (χ0v) is 20.9. The number of aryl methyl sites for hydroxylation is 1. The summed E-state index contributed by atoms with van der Waals surface area (Å²) < 4.78 is 6.98. The molecule has 6 rings (SSSR count). The molecule has 3 aromatic heterocycles. The monoisotopic (exact) mass is 493 g/mol. The Labute approximate surface area is 213 Å². The summed E-state index contributed by atoms with van der Waals surface area (Å²) in [5.74, 6) is 0.118. The number of pyridine rings is 1. The van der Waals surface area contributed by atoms with Gasteiger partial charge in [-0.25, -0.2) is 9.97 Å². The summed E-state index contributed by atoms with van der Waals surface area (Å²) in [6, 6.07) is 19.4. The zero-order valence-electron chi connectivity index (χ0n) is 20.9. The molecule has 5 aromatic rings. The second-order valence-corrected chi connectivity index (χ2v) is 10.3. The van der Waals surface area contributed by atoms with Gasteiger partial charge in [0.1, 0.15) is 5.75 Å². The number of rotatable bonds is 4. The summed E-state index contributed by atoms with van der Waals surface area (Å²) in [5.41, 5.74) is 12.2. The van der Waals surface area contributed by atoms with Gasteiger partial charge in [-0.15, -0.1) is 0 Å². The van der Waals surface area contributed by atoms with E-state index in [1.807, 2.05) is 62.5 Å². The van der Waals surface area contributed by atoms with Crippen LogP contribution in [0.15, 0.2) is 66.9 Å². The van der Waals surface area contributed by atoms with Crippen molar-refractivity contribution in [3.63, 3.8) is 0 Å². The van der Waals surface area contributed by atoms with Crippen molar-refractivity contribution in [1.29, 1.82) is 0 Å². The van der Waals surface area contributed by atoms with Gasteiger partial charge >= 0.3 is 5.97 Å². The molecule has 37 heavy (non-hydrogen) atoms. The topological polar surface area (TPSA) is 116 Å². The molecule has 0 amide bonds. The quantitative estimate of drug-likeness (QED) is 0.279. The maximum absolute atomic E-state index is 11.4. The highest BCUT2D eigenvalue weighted by Gasteiger charge is 2.49. The minimum absolute atomic E-state index is 0.365. The van der Waals surface area contributed by atoms with Gasteiger partial charge in [-0.1, -0.05) is 36.4 Å². The van der Waals surface area contributed by atoms with Crippen LogP contribution >= 0.6 is 0 Å². The lowest BCUT2D eigenvalue weighted by Crippen LogP contribution is -2.58. The highest BCUT2D eigenvalue weighted by molar-refractivity contribution is 5.91. The molecule has 2 aromatic carbocycles. The second-order valence-electron chi connectivity index (χ2n) is 10.3. The van der Waals surface area contributed by atoms with Gasteiger partial charge in [0, 0.05) is 41.2 Å². The summed E-state index contributed by atoms with van der Waals surface area (Å²) in [6.45, 7) is 5.13. The molecule has 1 fully saturated rings. The number of aliphatic hydroxyl groups is 1. The third-order valence-electron chi connectivity index (χ3n) is 6.93. The molecule has 0 bridgehead atoms. The maximum Gasteiger partial charge on any atom is 0.308 e. The van der Waals surface area contributed by atoms with Crippen LogP contribution in [0.1, 0.15) is 37.9 Å². The summed E-state index contributed by atoms with van der Waals surface area (Å²) in [6.07, 6.45) is 2.86. The van der Waals surface area contributed by atoms with Crippen molar-refractivity contribution >= 4 is 22.6 Å².